The molecule has 1 N–H and O–H groups in total. The SMILES string of the molecule is CC1C(=O)C23CC1CCC2C12COC(CC1=O)C(C)(C)C2=C(O)C3=O. The summed E-state index contributed by atoms with van der Waals surface area (Å²) in [6.45, 7) is 5.98. The first-order valence-corrected chi connectivity index (χ1v) is 9.37. The monoisotopic (exact) mass is 344 g/mol. The number of hydrogen-bond donors (Lipinski definition) is 1. The number of aliphatic hydroxyl groups is 1. The molecule has 2 heterocycles. The Kier molecular flexibility index (Phi) is 2.68. The molecule has 0 aromatic heterocycles. The van der Waals surface area contributed by atoms with Gasteiger partial charge in [-0.1, -0.05) is 20.8 Å². The van der Waals surface area contributed by atoms with Crippen LogP contribution in [0.3, 0.4) is 0 Å². The van der Waals surface area contributed by atoms with Gasteiger partial charge in [-0.25, -0.2) is 0 Å². The number of allylic oxidation sites excluding steroid dienone is 1. The Morgan fingerprint density at radius 1 is 1.12 bits per heavy atom. The molecule has 6 rings (SSSR count). The first-order chi connectivity index (χ1) is 11.7. The Balaban J connectivity index is 1.84. The third-order valence-corrected chi connectivity index (χ3v) is 8.29. The van der Waals surface area contributed by atoms with E-state index in [-0.39, 0.29) is 47.8 Å². The molecule has 4 aliphatic carbocycles. The Labute approximate surface area is 146 Å². The normalized spacial score (nSPS) is 50.1. The van der Waals surface area contributed by atoms with Crippen LogP contribution in [0.4, 0.5) is 0 Å². The van der Waals surface area contributed by atoms with Crippen molar-refractivity contribution in [3.8, 4) is 0 Å². The summed E-state index contributed by atoms with van der Waals surface area (Å²) < 4.78 is 6.03. The number of Topliss-reactive ketones (excluding diaryl/α,β-unsaturated/α-hetero) is 3. The maximum absolute atomic E-state index is 13.3. The zero-order chi connectivity index (χ0) is 17.9. The predicted octanol–water partition coefficient (Wildman–Crippen LogP) is 2.39. The molecule has 0 aromatic carbocycles. The Morgan fingerprint density at radius 2 is 1.84 bits per heavy atom. The smallest absolute Gasteiger partial charge is 0.210 e. The molecule has 5 heteroatoms. The van der Waals surface area contributed by atoms with Crippen molar-refractivity contribution in [3.05, 3.63) is 11.3 Å². The molecule has 0 amide bonds. The van der Waals surface area contributed by atoms with Crippen LogP contribution >= 0.6 is 0 Å². The first-order valence-electron chi connectivity index (χ1n) is 9.37. The minimum absolute atomic E-state index is 0.0484. The van der Waals surface area contributed by atoms with Gasteiger partial charge in [0.25, 0.3) is 0 Å². The zero-order valence-electron chi connectivity index (χ0n) is 14.9. The molecule has 6 atom stereocenters. The van der Waals surface area contributed by atoms with Crippen LogP contribution in [0.1, 0.15) is 46.5 Å². The van der Waals surface area contributed by atoms with Crippen LogP contribution in [0.2, 0.25) is 0 Å². The van der Waals surface area contributed by atoms with E-state index in [1.165, 1.54) is 0 Å². The molecular weight excluding hydrogens is 320 g/mol. The molecule has 5 nitrogen and oxygen atoms in total. The van der Waals surface area contributed by atoms with Crippen LogP contribution in [0.15, 0.2) is 11.3 Å². The summed E-state index contributed by atoms with van der Waals surface area (Å²) in [6.07, 6.45) is 2.01. The van der Waals surface area contributed by atoms with Gasteiger partial charge in [-0.2, -0.15) is 0 Å². The fourth-order valence-corrected chi connectivity index (χ4v) is 7.08. The van der Waals surface area contributed by atoms with Gasteiger partial charge >= 0.3 is 0 Å². The van der Waals surface area contributed by atoms with Crippen LogP contribution < -0.4 is 0 Å². The van der Waals surface area contributed by atoms with Crippen molar-refractivity contribution in [1.82, 2.24) is 0 Å². The number of fused-ring (bicyclic) bond motifs is 3. The van der Waals surface area contributed by atoms with Crippen LogP contribution in [0, 0.1) is 34.0 Å². The van der Waals surface area contributed by atoms with Crippen LogP contribution in [0.5, 0.6) is 0 Å². The fraction of sp³-hybridized carbons (Fsp3) is 0.750. The average Bonchev–Trinajstić information content (AvgIpc) is 2.76. The third kappa shape index (κ3) is 1.39. The predicted molar refractivity (Wildman–Crippen MR) is 87.7 cm³/mol. The molecule has 4 bridgehead atoms. The van der Waals surface area contributed by atoms with Crippen LogP contribution in [-0.4, -0.2) is 35.2 Å². The number of carbonyl (C=O) groups is 3. The van der Waals surface area contributed by atoms with Gasteiger partial charge in [-0.05, 0) is 36.7 Å². The summed E-state index contributed by atoms with van der Waals surface area (Å²) in [4.78, 5) is 39.8. The maximum atomic E-state index is 13.3. The van der Waals surface area contributed by atoms with Crippen molar-refractivity contribution in [3.63, 3.8) is 0 Å². The molecule has 2 saturated heterocycles. The van der Waals surface area contributed by atoms with Gasteiger partial charge in [0.15, 0.2) is 5.76 Å². The molecule has 0 aromatic rings. The highest BCUT2D eigenvalue weighted by Gasteiger charge is 2.76. The van der Waals surface area contributed by atoms with E-state index >= 15 is 0 Å². The topological polar surface area (TPSA) is 80.7 Å². The van der Waals surface area contributed by atoms with Crippen LogP contribution in [-0.2, 0) is 19.1 Å². The van der Waals surface area contributed by atoms with E-state index in [9.17, 15) is 19.5 Å². The lowest BCUT2D eigenvalue weighted by atomic mass is 9.42. The second-order valence-electron chi connectivity index (χ2n) is 9.39. The lowest BCUT2D eigenvalue weighted by molar-refractivity contribution is -0.194. The first kappa shape index (κ1) is 15.7. The number of ketones is 3. The number of ether oxygens (including phenoxy) is 1. The second kappa shape index (κ2) is 4.25. The van der Waals surface area contributed by atoms with E-state index in [4.69, 9.17) is 4.74 Å². The van der Waals surface area contributed by atoms with Crippen molar-refractivity contribution in [1.29, 1.82) is 0 Å². The van der Waals surface area contributed by atoms with Crippen molar-refractivity contribution < 1.29 is 24.2 Å². The average molecular weight is 344 g/mol. The van der Waals surface area contributed by atoms with Gasteiger partial charge in [0.05, 0.1) is 23.5 Å². The van der Waals surface area contributed by atoms with Crippen molar-refractivity contribution >= 4 is 17.3 Å². The summed E-state index contributed by atoms with van der Waals surface area (Å²) in [7, 11) is 0. The molecular formula is C20H24O5. The molecule has 2 spiro atoms. The molecule has 134 valence electrons. The molecule has 25 heavy (non-hydrogen) atoms. The molecule has 5 fully saturated rings. The third-order valence-electron chi connectivity index (χ3n) is 8.29. The molecule has 6 unspecified atom stereocenters. The minimum atomic E-state index is -1.21. The summed E-state index contributed by atoms with van der Waals surface area (Å²) in [5.41, 5.74) is -2.23. The number of aliphatic hydroxyl groups excluding tert-OH is 1. The molecule has 6 aliphatic rings. The van der Waals surface area contributed by atoms with E-state index in [0.29, 0.717) is 24.8 Å². The Bertz CT molecular complexity index is 777. The van der Waals surface area contributed by atoms with E-state index < -0.39 is 22.0 Å². The minimum Gasteiger partial charge on any atom is -0.504 e. The quantitative estimate of drug-likeness (QED) is 0.683. The molecule has 2 aliphatic heterocycles. The zero-order valence-corrected chi connectivity index (χ0v) is 14.9. The summed E-state index contributed by atoms with van der Waals surface area (Å²) in [6, 6.07) is 0. The van der Waals surface area contributed by atoms with Gasteiger partial charge in [0, 0.05) is 17.8 Å². The second-order valence-corrected chi connectivity index (χ2v) is 9.39. The van der Waals surface area contributed by atoms with Gasteiger partial charge < -0.3 is 9.84 Å². The summed E-state index contributed by atoms with van der Waals surface area (Å²) in [5.74, 6) is -1.11. The van der Waals surface area contributed by atoms with E-state index in [2.05, 4.69) is 0 Å². The molecule has 3 saturated carbocycles. The molecule has 0 radical (unpaired) electrons. The largest absolute Gasteiger partial charge is 0.504 e. The number of rotatable bonds is 0. The Morgan fingerprint density at radius 3 is 2.52 bits per heavy atom. The van der Waals surface area contributed by atoms with Crippen molar-refractivity contribution in [2.75, 3.05) is 6.61 Å². The van der Waals surface area contributed by atoms with Gasteiger partial charge in [-0.3, -0.25) is 14.4 Å². The maximum Gasteiger partial charge on any atom is 0.210 e. The lowest BCUT2D eigenvalue weighted by Crippen LogP contribution is -2.69. The van der Waals surface area contributed by atoms with Crippen molar-refractivity contribution in [2.45, 2.75) is 52.6 Å². The van der Waals surface area contributed by atoms with Gasteiger partial charge in [0.2, 0.25) is 5.78 Å². The summed E-state index contributed by atoms with van der Waals surface area (Å²) >= 11 is 0. The Hall–Kier alpha value is -1.49. The van der Waals surface area contributed by atoms with E-state index in [1.807, 2.05) is 20.8 Å². The van der Waals surface area contributed by atoms with Crippen molar-refractivity contribution in [2.24, 2.45) is 34.0 Å². The van der Waals surface area contributed by atoms with Gasteiger partial charge in [-0.15, -0.1) is 0 Å². The lowest BCUT2D eigenvalue weighted by Gasteiger charge is -2.63. The fourth-order valence-electron chi connectivity index (χ4n) is 7.08. The number of carbonyl (C=O) groups excluding carboxylic acids is 3. The highest BCUT2D eigenvalue weighted by Crippen LogP contribution is 2.70. The van der Waals surface area contributed by atoms with Crippen LogP contribution in [0.25, 0.3) is 0 Å². The highest BCUT2D eigenvalue weighted by molar-refractivity contribution is 6.18. The van der Waals surface area contributed by atoms with E-state index in [1.54, 1.807) is 0 Å². The highest BCUT2D eigenvalue weighted by atomic mass is 16.5. The number of hydrogen-bond acceptors (Lipinski definition) is 5. The summed E-state index contributed by atoms with van der Waals surface area (Å²) in [5, 5.41) is 11.0. The standard InChI is InChI=1S/C20H24O5/c1-9-10-4-5-11-19(7-10,16(9)23)17(24)14(22)15-18(2,3)13-6-12(21)20(11,15)8-25-13/h9-11,13,22H,4-8H2,1-3H3. The van der Waals surface area contributed by atoms with E-state index in [0.717, 1.165) is 6.42 Å². The van der Waals surface area contributed by atoms with Gasteiger partial charge in [0.1, 0.15) is 11.6 Å².